The molecule has 0 unspecified atom stereocenters. The van der Waals surface area contributed by atoms with E-state index in [4.69, 9.17) is 4.74 Å². The third-order valence-electron chi connectivity index (χ3n) is 4.93. The molecule has 0 bridgehead atoms. The van der Waals surface area contributed by atoms with Crippen molar-refractivity contribution in [2.75, 3.05) is 26.7 Å². The number of hydrogen-bond donors (Lipinski definition) is 0. The Morgan fingerprint density at radius 2 is 1.85 bits per heavy atom. The van der Waals surface area contributed by atoms with Gasteiger partial charge in [0.05, 0.1) is 13.5 Å². The third-order valence-corrected chi connectivity index (χ3v) is 4.93. The summed E-state index contributed by atoms with van der Waals surface area (Å²) in [5.74, 6) is 0.223. The second kappa shape index (κ2) is 10.3. The number of esters is 1. The predicted octanol–water partition coefficient (Wildman–Crippen LogP) is 3.09. The van der Waals surface area contributed by atoms with E-state index in [1.807, 2.05) is 11.0 Å². The summed E-state index contributed by atoms with van der Waals surface area (Å²) in [5.41, 5.74) is 1.32. The van der Waals surface area contributed by atoms with Crippen molar-refractivity contribution in [3.8, 4) is 0 Å². The summed E-state index contributed by atoms with van der Waals surface area (Å²) < 4.78 is 4.75. The third kappa shape index (κ3) is 6.45. The summed E-state index contributed by atoms with van der Waals surface area (Å²) in [6.45, 7) is 7.47. The van der Waals surface area contributed by atoms with Crippen molar-refractivity contribution >= 4 is 11.9 Å². The lowest BCUT2D eigenvalue weighted by Crippen LogP contribution is -2.48. The number of piperidine rings is 1. The van der Waals surface area contributed by atoms with Crippen molar-refractivity contribution in [3.63, 3.8) is 0 Å². The van der Waals surface area contributed by atoms with Gasteiger partial charge in [-0.3, -0.25) is 14.5 Å². The molecule has 0 radical (unpaired) electrons. The van der Waals surface area contributed by atoms with Crippen LogP contribution in [0.1, 0.15) is 45.1 Å². The van der Waals surface area contributed by atoms with E-state index in [9.17, 15) is 9.59 Å². The van der Waals surface area contributed by atoms with Gasteiger partial charge in [-0.15, -0.1) is 0 Å². The molecule has 1 aromatic carbocycles. The Bertz CT molecular complexity index is 566. The van der Waals surface area contributed by atoms with Gasteiger partial charge in [-0.1, -0.05) is 44.2 Å². The van der Waals surface area contributed by atoms with E-state index in [1.165, 1.54) is 12.7 Å². The number of amides is 1. The predicted molar refractivity (Wildman–Crippen MR) is 103 cm³/mol. The Hall–Kier alpha value is -1.88. The molecule has 1 aliphatic heterocycles. The number of nitrogens with zero attached hydrogens (tertiary/aromatic N) is 2. The van der Waals surface area contributed by atoms with Crippen LogP contribution in [0.5, 0.6) is 0 Å². The molecule has 26 heavy (non-hydrogen) atoms. The van der Waals surface area contributed by atoms with E-state index < -0.39 is 0 Å². The molecule has 0 aliphatic carbocycles. The molecule has 0 saturated carbocycles. The zero-order valence-electron chi connectivity index (χ0n) is 16.3. The lowest BCUT2D eigenvalue weighted by atomic mass is 10.0. The maximum Gasteiger partial charge on any atom is 0.307 e. The number of carbonyl (C=O) groups excluding carboxylic acids is 2. The molecule has 0 atom stereocenters. The van der Waals surface area contributed by atoms with Crippen LogP contribution < -0.4 is 0 Å². The lowest BCUT2D eigenvalue weighted by Gasteiger charge is -2.39. The first-order valence-corrected chi connectivity index (χ1v) is 9.62. The summed E-state index contributed by atoms with van der Waals surface area (Å²) in [5, 5.41) is 0. The lowest BCUT2D eigenvalue weighted by molar-refractivity contribution is -0.142. The molecular formula is C21H32N2O3. The van der Waals surface area contributed by atoms with Crippen LogP contribution in [0.2, 0.25) is 0 Å². The van der Waals surface area contributed by atoms with Crippen molar-refractivity contribution in [1.82, 2.24) is 9.80 Å². The minimum Gasteiger partial charge on any atom is -0.469 e. The zero-order valence-corrected chi connectivity index (χ0v) is 16.3. The molecule has 1 fully saturated rings. The minimum atomic E-state index is -0.256. The number of rotatable bonds is 8. The highest BCUT2D eigenvalue weighted by Gasteiger charge is 2.28. The normalized spacial score (nSPS) is 15.8. The van der Waals surface area contributed by atoms with Gasteiger partial charge in [0.25, 0.3) is 0 Å². The van der Waals surface area contributed by atoms with E-state index >= 15 is 0 Å². The van der Waals surface area contributed by atoms with Crippen LogP contribution in [0.15, 0.2) is 30.3 Å². The molecule has 1 aromatic rings. The molecule has 5 heteroatoms. The number of likely N-dealkylation sites (tertiary alicyclic amines) is 1. The SMILES string of the molecule is COC(=O)CCN(C(=O)CC(C)C)C1CCN(Cc2ccccc2)CC1. The average molecular weight is 360 g/mol. The van der Waals surface area contributed by atoms with Crippen LogP contribution in [0.3, 0.4) is 0 Å². The van der Waals surface area contributed by atoms with Gasteiger partial charge < -0.3 is 9.64 Å². The van der Waals surface area contributed by atoms with Crippen molar-refractivity contribution < 1.29 is 14.3 Å². The van der Waals surface area contributed by atoms with Crippen LogP contribution in [-0.4, -0.2) is 54.5 Å². The van der Waals surface area contributed by atoms with Crippen LogP contribution >= 0.6 is 0 Å². The Labute approximate surface area is 157 Å². The first-order chi connectivity index (χ1) is 12.5. The molecule has 5 nitrogen and oxygen atoms in total. The molecule has 144 valence electrons. The number of methoxy groups -OCH3 is 1. The van der Waals surface area contributed by atoms with Gasteiger partial charge in [-0.25, -0.2) is 0 Å². The van der Waals surface area contributed by atoms with E-state index in [2.05, 4.69) is 43.0 Å². The van der Waals surface area contributed by atoms with Crippen molar-refractivity contribution in [1.29, 1.82) is 0 Å². The molecule has 0 spiro atoms. The zero-order chi connectivity index (χ0) is 18.9. The molecule has 1 aliphatic rings. The highest BCUT2D eigenvalue weighted by Crippen LogP contribution is 2.20. The van der Waals surface area contributed by atoms with Gasteiger partial charge in [0.2, 0.25) is 5.91 Å². The summed E-state index contributed by atoms with van der Waals surface area (Å²) in [4.78, 5) is 28.6. The largest absolute Gasteiger partial charge is 0.469 e. The standard InChI is InChI=1S/C21H32N2O3/c1-17(2)15-20(24)23(14-11-21(25)26-3)19-9-12-22(13-10-19)16-18-7-5-4-6-8-18/h4-8,17,19H,9-16H2,1-3H3. The van der Waals surface area contributed by atoms with Crippen molar-refractivity contribution in [2.45, 2.75) is 52.1 Å². The fourth-order valence-corrected chi connectivity index (χ4v) is 3.52. The summed E-state index contributed by atoms with van der Waals surface area (Å²) in [6.07, 6.45) is 2.71. The fourth-order valence-electron chi connectivity index (χ4n) is 3.52. The van der Waals surface area contributed by atoms with Crippen LogP contribution in [-0.2, 0) is 20.9 Å². The maximum absolute atomic E-state index is 12.7. The van der Waals surface area contributed by atoms with Gasteiger partial charge in [-0.05, 0) is 24.3 Å². The Morgan fingerprint density at radius 3 is 2.42 bits per heavy atom. The Kier molecular flexibility index (Phi) is 8.10. The number of ether oxygens (including phenoxy) is 1. The first-order valence-electron chi connectivity index (χ1n) is 9.62. The summed E-state index contributed by atoms with van der Waals surface area (Å²) >= 11 is 0. The second-order valence-corrected chi connectivity index (χ2v) is 7.50. The van der Waals surface area contributed by atoms with Gasteiger partial charge >= 0.3 is 5.97 Å². The molecule has 2 rings (SSSR count). The molecular weight excluding hydrogens is 328 g/mol. The van der Waals surface area contributed by atoms with Crippen LogP contribution in [0.4, 0.5) is 0 Å². The van der Waals surface area contributed by atoms with E-state index in [-0.39, 0.29) is 24.3 Å². The number of carbonyl (C=O) groups is 2. The minimum absolute atomic E-state index is 0.158. The molecule has 0 N–H and O–H groups in total. The van der Waals surface area contributed by atoms with Gasteiger partial charge in [0, 0.05) is 38.6 Å². The Morgan fingerprint density at radius 1 is 1.19 bits per heavy atom. The molecule has 1 amide bonds. The monoisotopic (exact) mass is 360 g/mol. The average Bonchev–Trinajstić information content (AvgIpc) is 2.63. The van der Waals surface area contributed by atoms with Crippen LogP contribution in [0.25, 0.3) is 0 Å². The number of benzene rings is 1. The van der Waals surface area contributed by atoms with E-state index in [0.29, 0.717) is 18.9 Å². The van der Waals surface area contributed by atoms with Gasteiger partial charge in [0.15, 0.2) is 0 Å². The highest BCUT2D eigenvalue weighted by molar-refractivity contribution is 5.77. The van der Waals surface area contributed by atoms with E-state index in [0.717, 1.165) is 32.5 Å². The fraction of sp³-hybridized carbons (Fsp3) is 0.619. The van der Waals surface area contributed by atoms with Gasteiger partial charge in [-0.2, -0.15) is 0 Å². The quantitative estimate of drug-likeness (QED) is 0.669. The smallest absolute Gasteiger partial charge is 0.307 e. The van der Waals surface area contributed by atoms with Gasteiger partial charge in [0.1, 0.15) is 0 Å². The van der Waals surface area contributed by atoms with Crippen molar-refractivity contribution in [3.05, 3.63) is 35.9 Å². The summed E-state index contributed by atoms with van der Waals surface area (Å²) in [7, 11) is 1.39. The number of hydrogen-bond acceptors (Lipinski definition) is 4. The second-order valence-electron chi connectivity index (χ2n) is 7.50. The Balaban J connectivity index is 1.91. The van der Waals surface area contributed by atoms with Crippen LogP contribution in [0, 0.1) is 5.92 Å². The molecule has 1 saturated heterocycles. The maximum atomic E-state index is 12.7. The van der Waals surface area contributed by atoms with E-state index in [1.54, 1.807) is 0 Å². The highest BCUT2D eigenvalue weighted by atomic mass is 16.5. The molecule has 0 aromatic heterocycles. The summed E-state index contributed by atoms with van der Waals surface area (Å²) in [6, 6.07) is 10.7. The topological polar surface area (TPSA) is 49.9 Å². The molecule has 1 heterocycles. The first kappa shape index (κ1) is 20.4. The van der Waals surface area contributed by atoms with Crippen molar-refractivity contribution in [2.24, 2.45) is 5.92 Å².